The van der Waals surface area contributed by atoms with E-state index in [1.165, 1.54) is 38.0 Å². The number of nitrogens with zero attached hydrogens (tertiary/aromatic N) is 2. The van der Waals surface area contributed by atoms with Crippen molar-refractivity contribution in [3.05, 3.63) is 69.3 Å². The Labute approximate surface area is 202 Å². The summed E-state index contributed by atoms with van der Waals surface area (Å²) in [6.07, 6.45) is 1.28. The lowest BCUT2D eigenvalue weighted by molar-refractivity contribution is 0.101. The summed E-state index contributed by atoms with van der Waals surface area (Å²) in [6.45, 7) is 0. The second-order valence-corrected chi connectivity index (χ2v) is 8.24. The summed E-state index contributed by atoms with van der Waals surface area (Å²) in [4.78, 5) is 34.0. The first-order chi connectivity index (χ1) is 15.9. The van der Waals surface area contributed by atoms with Gasteiger partial charge < -0.3 is 20.1 Å². The summed E-state index contributed by atoms with van der Waals surface area (Å²) in [5, 5.41) is 7.34. The number of methoxy groups -OCH3 is 2. The Balaban J connectivity index is 1.66. The van der Waals surface area contributed by atoms with Crippen molar-refractivity contribution in [3.8, 4) is 11.5 Å². The van der Waals surface area contributed by atoms with Gasteiger partial charge in [-0.1, -0.05) is 41.4 Å². The van der Waals surface area contributed by atoms with E-state index in [0.29, 0.717) is 21.6 Å². The number of nitrogens with one attached hydrogen (secondary N) is 2. The van der Waals surface area contributed by atoms with Crippen LogP contribution in [0.15, 0.2) is 48.1 Å². The van der Waals surface area contributed by atoms with Crippen LogP contribution in [0.5, 0.6) is 11.5 Å². The number of carbonyl (C=O) groups is 2. The van der Waals surface area contributed by atoms with Crippen molar-refractivity contribution in [2.24, 2.45) is 0 Å². The van der Waals surface area contributed by atoms with Crippen molar-refractivity contribution in [1.82, 2.24) is 9.97 Å². The molecule has 8 nitrogen and oxygen atoms in total. The van der Waals surface area contributed by atoms with E-state index in [-0.39, 0.29) is 38.7 Å². The lowest BCUT2D eigenvalue weighted by Gasteiger charge is -2.15. The first kappa shape index (κ1) is 22.8. The van der Waals surface area contributed by atoms with Gasteiger partial charge in [0.1, 0.15) is 27.9 Å². The van der Waals surface area contributed by atoms with Gasteiger partial charge in [0.25, 0.3) is 11.8 Å². The van der Waals surface area contributed by atoms with Crippen molar-refractivity contribution < 1.29 is 19.1 Å². The SMILES string of the molecule is COc1cc(OC)c(Cl)c(NC(=O)c2csc3c(NC(=O)c4ccccc4)ncnc23)c1Cl. The third-order valence-corrected chi connectivity index (χ3v) is 6.40. The van der Waals surface area contributed by atoms with E-state index in [4.69, 9.17) is 32.7 Å². The van der Waals surface area contributed by atoms with Crippen LogP contribution in [0.3, 0.4) is 0 Å². The van der Waals surface area contributed by atoms with Gasteiger partial charge in [-0.15, -0.1) is 11.3 Å². The highest BCUT2D eigenvalue weighted by atomic mass is 35.5. The summed E-state index contributed by atoms with van der Waals surface area (Å²) in [5.41, 5.74) is 1.26. The monoisotopic (exact) mass is 502 g/mol. The normalized spacial score (nSPS) is 10.7. The molecule has 0 aliphatic carbocycles. The molecule has 0 aliphatic heterocycles. The van der Waals surface area contributed by atoms with Crippen LogP contribution in [-0.4, -0.2) is 36.0 Å². The molecule has 2 amide bonds. The minimum Gasteiger partial charge on any atom is -0.495 e. The average Bonchev–Trinajstić information content (AvgIpc) is 3.28. The molecule has 0 saturated heterocycles. The zero-order chi connectivity index (χ0) is 23.5. The topological polar surface area (TPSA) is 102 Å². The Bertz CT molecular complexity index is 1330. The Kier molecular flexibility index (Phi) is 6.64. The number of halogens is 2. The molecule has 0 atom stereocenters. The van der Waals surface area contributed by atoms with Crippen LogP contribution >= 0.6 is 34.5 Å². The highest BCUT2D eigenvalue weighted by molar-refractivity contribution is 7.18. The first-order valence-electron chi connectivity index (χ1n) is 9.44. The molecule has 2 aromatic heterocycles. The van der Waals surface area contributed by atoms with Crippen molar-refractivity contribution in [1.29, 1.82) is 0 Å². The number of rotatable bonds is 6. The van der Waals surface area contributed by atoms with Crippen LogP contribution in [0.25, 0.3) is 10.2 Å². The Hall–Kier alpha value is -3.40. The molecule has 2 heterocycles. The van der Waals surface area contributed by atoms with Gasteiger partial charge in [-0.2, -0.15) is 0 Å². The highest BCUT2D eigenvalue weighted by Gasteiger charge is 2.23. The number of hydrogen-bond acceptors (Lipinski definition) is 7. The predicted octanol–water partition coefficient (Wildman–Crippen LogP) is 5.52. The Morgan fingerprint density at radius 3 is 2.24 bits per heavy atom. The maximum absolute atomic E-state index is 13.1. The summed E-state index contributed by atoms with van der Waals surface area (Å²) in [6, 6.07) is 10.3. The maximum Gasteiger partial charge on any atom is 0.258 e. The second-order valence-electron chi connectivity index (χ2n) is 6.61. The molecule has 0 bridgehead atoms. The Morgan fingerprint density at radius 1 is 0.939 bits per heavy atom. The van der Waals surface area contributed by atoms with Gasteiger partial charge in [-0.05, 0) is 12.1 Å². The number of anilines is 2. The first-order valence-corrected chi connectivity index (χ1v) is 11.1. The molecule has 2 N–H and O–H groups in total. The van der Waals surface area contributed by atoms with Crippen molar-refractivity contribution >= 4 is 68.1 Å². The van der Waals surface area contributed by atoms with Crippen LogP contribution in [0.1, 0.15) is 20.7 Å². The van der Waals surface area contributed by atoms with Crippen molar-refractivity contribution in [2.45, 2.75) is 0 Å². The van der Waals surface area contributed by atoms with E-state index in [1.54, 1.807) is 29.6 Å². The van der Waals surface area contributed by atoms with Crippen LogP contribution in [0.4, 0.5) is 11.5 Å². The lowest BCUT2D eigenvalue weighted by Crippen LogP contribution is -2.14. The fraction of sp³-hybridized carbons (Fsp3) is 0.0909. The molecular weight excluding hydrogens is 487 g/mol. The fourth-order valence-electron chi connectivity index (χ4n) is 3.05. The molecule has 0 saturated carbocycles. The zero-order valence-electron chi connectivity index (χ0n) is 17.3. The number of ether oxygens (including phenoxy) is 2. The van der Waals surface area contributed by atoms with Gasteiger partial charge in [0, 0.05) is 17.0 Å². The van der Waals surface area contributed by atoms with Crippen LogP contribution in [-0.2, 0) is 0 Å². The van der Waals surface area contributed by atoms with E-state index >= 15 is 0 Å². The van der Waals surface area contributed by atoms with E-state index < -0.39 is 5.91 Å². The zero-order valence-corrected chi connectivity index (χ0v) is 19.6. The van der Waals surface area contributed by atoms with Gasteiger partial charge in [0.05, 0.1) is 35.7 Å². The minimum absolute atomic E-state index is 0.127. The number of fused-ring (bicyclic) bond motifs is 1. The minimum atomic E-state index is -0.501. The van der Waals surface area contributed by atoms with E-state index in [2.05, 4.69) is 20.6 Å². The lowest BCUT2D eigenvalue weighted by atomic mass is 10.2. The average molecular weight is 503 g/mol. The van der Waals surface area contributed by atoms with Crippen molar-refractivity contribution in [3.63, 3.8) is 0 Å². The van der Waals surface area contributed by atoms with Crippen molar-refractivity contribution in [2.75, 3.05) is 24.9 Å². The molecule has 4 rings (SSSR count). The number of benzene rings is 2. The van der Waals surface area contributed by atoms with Gasteiger partial charge in [0.15, 0.2) is 5.82 Å². The number of amides is 2. The van der Waals surface area contributed by atoms with Gasteiger partial charge >= 0.3 is 0 Å². The van der Waals surface area contributed by atoms with E-state index in [0.717, 1.165) is 0 Å². The van der Waals surface area contributed by atoms with Gasteiger partial charge in [-0.25, -0.2) is 9.97 Å². The summed E-state index contributed by atoms with van der Waals surface area (Å²) >= 11 is 13.9. The van der Waals surface area contributed by atoms with Crippen LogP contribution in [0.2, 0.25) is 10.0 Å². The smallest absolute Gasteiger partial charge is 0.258 e. The molecule has 2 aromatic carbocycles. The van der Waals surface area contributed by atoms with Crippen LogP contribution < -0.4 is 20.1 Å². The quantitative estimate of drug-likeness (QED) is 0.359. The number of carbonyl (C=O) groups excluding carboxylic acids is 2. The molecular formula is C22H16Cl2N4O4S. The largest absolute Gasteiger partial charge is 0.495 e. The predicted molar refractivity (Wildman–Crippen MR) is 129 cm³/mol. The third kappa shape index (κ3) is 4.43. The molecule has 0 aliphatic rings. The molecule has 33 heavy (non-hydrogen) atoms. The van der Waals surface area contributed by atoms with Crippen LogP contribution in [0, 0.1) is 0 Å². The second kappa shape index (κ2) is 9.62. The fourth-order valence-corrected chi connectivity index (χ4v) is 4.59. The molecule has 0 radical (unpaired) electrons. The number of aromatic nitrogens is 2. The van der Waals surface area contributed by atoms with Gasteiger partial charge in [0.2, 0.25) is 0 Å². The molecule has 0 unspecified atom stereocenters. The van der Waals surface area contributed by atoms with E-state index in [1.807, 2.05) is 6.07 Å². The molecule has 4 aromatic rings. The Morgan fingerprint density at radius 2 is 1.61 bits per heavy atom. The third-order valence-electron chi connectivity index (χ3n) is 4.68. The standard InChI is InChI=1S/C22H16Cl2N4O4S/c1-31-13-8-14(32-2)16(24)18(15(13)23)27-22(30)12-9-33-19-17(12)25-10-26-20(19)28-21(29)11-6-4-3-5-7-11/h3-10H,1-2H3,(H,27,30)(H,25,26,28,29). The molecule has 168 valence electrons. The summed E-state index contributed by atoms with van der Waals surface area (Å²) in [5.74, 6) is 0.0571. The highest BCUT2D eigenvalue weighted by Crippen LogP contribution is 2.44. The molecule has 0 spiro atoms. The number of thiophene rings is 1. The van der Waals surface area contributed by atoms with E-state index in [9.17, 15) is 9.59 Å². The maximum atomic E-state index is 13.1. The molecule has 0 fully saturated rings. The number of hydrogen-bond donors (Lipinski definition) is 2. The van der Waals surface area contributed by atoms with Gasteiger partial charge in [-0.3, -0.25) is 9.59 Å². The summed E-state index contributed by atoms with van der Waals surface area (Å²) < 4.78 is 11.0. The molecule has 11 heteroatoms. The summed E-state index contributed by atoms with van der Waals surface area (Å²) in [7, 11) is 2.88.